The quantitative estimate of drug-likeness (QED) is 0.819. The highest BCUT2D eigenvalue weighted by Crippen LogP contribution is 2.12. The maximum Gasteiger partial charge on any atom is 0.239 e. The van der Waals surface area contributed by atoms with Crippen molar-refractivity contribution >= 4 is 5.91 Å². The van der Waals surface area contributed by atoms with Crippen molar-refractivity contribution in [3.8, 4) is 5.75 Å². The summed E-state index contributed by atoms with van der Waals surface area (Å²) in [6, 6.07) is 7.47. The number of hydrogen-bond acceptors (Lipinski definition) is 3. The molecule has 1 aromatic carbocycles. The van der Waals surface area contributed by atoms with E-state index < -0.39 is 6.04 Å². The number of aryl methyl sites for hydroxylation is 1. The highest BCUT2D eigenvalue weighted by Gasteiger charge is 2.16. The maximum absolute atomic E-state index is 11.9. The van der Waals surface area contributed by atoms with E-state index in [0.29, 0.717) is 13.2 Å². The number of carbonyl (C=O) groups is 1. The summed E-state index contributed by atoms with van der Waals surface area (Å²) in [7, 11) is 1.76. The molecule has 4 heteroatoms. The lowest BCUT2D eigenvalue weighted by molar-refractivity contribution is -0.131. The summed E-state index contributed by atoms with van der Waals surface area (Å²) in [5.74, 6) is 0.813. The molecule has 1 aromatic rings. The minimum atomic E-state index is -0.394. The van der Waals surface area contributed by atoms with Gasteiger partial charge in [0.2, 0.25) is 5.91 Å². The molecule has 1 rings (SSSR count). The Morgan fingerprint density at radius 3 is 2.84 bits per heavy atom. The van der Waals surface area contributed by atoms with Crippen molar-refractivity contribution in [3.63, 3.8) is 0 Å². The van der Waals surface area contributed by atoms with Crippen LogP contribution in [0.4, 0.5) is 0 Å². The van der Waals surface area contributed by atoms with Crippen molar-refractivity contribution in [3.05, 3.63) is 29.8 Å². The minimum Gasteiger partial charge on any atom is -0.492 e. The number of rotatable bonds is 7. The third-order valence-electron chi connectivity index (χ3n) is 2.98. The van der Waals surface area contributed by atoms with Gasteiger partial charge in [0.05, 0.1) is 12.6 Å². The van der Waals surface area contributed by atoms with E-state index in [9.17, 15) is 4.79 Å². The van der Waals surface area contributed by atoms with E-state index in [1.165, 1.54) is 0 Å². The SMILES string of the molecule is CCCC(N)C(=O)N(C)CCOc1cccc(C)c1. The van der Waals surface area contributed by atoms with Gasteiger partial charge in [-0.25, -0.2) is 0 Å². The Kier molecular flexibility index (Phi) is 6.36. The first-order valence-electron chi connectivity index (χ1n) is 6.74. The summed E-state index contributed by atoms with van der Waals surface area (Å²) in [6.07, 6.45) is 1.64. The normalized spacial score (nSPS) is 12.0. The molecule has 0 aliphatic carbocycles. The molecule has 2 N–H and O–H groups in total. The number of nitrogens with zero attached hydrogens (tertiary/aromatic N) is 1. The van der Waals surface area contributed by atoms with Gasteiger partial charge in [-0.15, -0.1) is 0 Å². The number of hydrogen-bond donors (Lipinski definition) is 1. The smallest absolute Gasteiger partial charge is 0.239 e. The number of nitrogens with two attached hydrogens (primary N) is 1. The van der Waals surface area contributed by atoms with Crippen LogP contribution in [0.1, 0.15) is 25.3 Å². The van der Waals surface area contributed by atoms with Crippen molar-refractivity contribution < 1.29 is 9.53 Å². The molecule has 0 radical (unpaired) electrons. The lowest BCUT2D eigenvalue weighted by Crippen LogP contribution is -2.43. The fourth-order valence-corrected chi connectivity index (χ4v) is 1.83. The Labute approximate surface area is 115 Å². The van der Waals surface area contributed by atoms with Gasteiger partial charge in [-0.1, -0.05) is 25.5 Å². The summed E-state index contributed by atoms with van der Waals surface area (Å²) >= 11 is 0. The maximum atomic E-state index is 11.9. The molecule has 0 fully saturated rings. The molecule has 0 saturated carbocycles. The number of ether oxygens (including phenoxy) is 1. The van der Waals surface area contributed by atoms with Gasteiger partial charge in [0.1, 0.15) is 12.4 Å². The molecule has 1 unspecified atom stereocenters. The molecule has 0 heterocycles. The van der Waals surface area contributed by atoms with Crippen LogP contribution in [-0.4, -0.2) is 37.0 Å². The summed E-state index contributed by atoms with van der Waals surface area (Å²) in [5.41, 5.74) is 6.96. The molecule has 1 atom stereocenters. The van der Waals surface area contributed by atoms with E-state index >= 15 is 0 Å². The molecule has 0 saturated heterocycles. The fourth-order valence-electron chi connectivity index (χ4n) is 1.83. The third kappa shape index (κ3) is 5.30. The molecule has 0 spiro atoms. The second kappa shape index (κ2) is 7.79. The average molecular weight is 264 g/mol. The second-order valence-corrected chi connectivity index (χ2v) is 4.82. The first-order chi connectivity index (χ1) is 9.04. The Morgan fingerprint density at radius 2 is 2.21 bits per heavy atom. The first-order valence-corrected chi connectivity index (χ1v) is 6.74. The lowest BCUT2D eigenvalue weighted by Gasteiger charge is -2.21. The molecule has 19 heavy (non-hydrogen) atoms. The van der Waals surface area contributed by atoms with E-state index in [1.54, 1.807) is 11.9 Å². The zero-order valence-electron chi connectivity index (χ0n) is 12.1. The van der Waals surface area contributed by atoms with Gasteiger partial charge < -0.3 is 15.4 Å². The lowest BCUT2D eigenvalue weighted by atomic mass is 10.1. The van der Waals surface area contributed by atoms with Crippen molar-refractivity contribution in [2.45, 2.75) is 32.7 Å². The monoisotopic (exact) mass is 264 g/mol. The van der Waals surface area contributed by atoms with Crippen LogP contribution in [0.15, 0.2) is 24.3 Å². The van der Waals surface area contributed by atoms with E-state index in [-0.39, 0.29) is 5.91 Å². The molecule has 106 valence electrons. The Bertz CT molecular complexity index is 407. The van der Waals surface area contributed by atoms with Crippen LogP contribution in [-0.2, 0) is 4.79 Å². The van der Waals surface area contributed by atoms with Gasteiger partial charge in [0.25, 0.3) is 0 Å². The van der Waals surface area contributed by atoms with E-state index in [4.69, 9.17) is 10.5 Å². The number of amides is 1. The zero-order chi connectivity index (χ0) is 14.3. The van der Waals surface area contributed by atoms with Crippen molar-refractivity contribution in [2.75, 3.05) is 20.2 Å². The van der Waals surface area contributed by atoms with E-state index in [2.05, 4.69) is 0 Å². The van der Waals surface area contributed by atoms with Crippen LogP contribution in [0.3, 0.4) is 0 Å². The molecule has 0 aliphatic heterocycles. The summed E-state index contributed by atoms with van der Waals surface area (Å²) < 4.78 is 5.61. The number of carbonyl (C=O) groups excluding carboxylic acids is 1. The van der Waals surface area contributed by atoms with Gasteiger partial charge in [-0.05, 0) is 31.0 Å². The van der Waals surface area contributed by atoms with Gasteiger partial charge in [0.15, 0.2) is 0 Å². The highest BCUT2D eigenvalue weighted by molar-refractivity contribution is 5.81. The predicted molar refractivity (Wildman–Crippen MR) is 77.2 cm³/mol. The molecular formula is C15H24N2O2. The standard InChI is InChI=1S/C15H24N2O2/c1-4-6-14(16)15(18)17(3)9-10-19-13-8-5-7-12(2)11-13/h5,7-8,11,14H,4,6,9-10,16H2,1-3H3. The van der Waals surface area contributed by atoms with Crippen molar-refractivity contribution in [2.24, 2.45) is 5.73 Å². The van der Waals surface area contributed by atoms with Gasteiger partial charge in [-0.3, -0.25) is 4.79 Å². The van der Waals surface area contributed by atoms with Crippen molar-refractivity contribution in [1.82, 2.24) is 4.90 Å². The Balaban J connectivity index is 2.34. The van der Waals surface area contributed by atoms with Crippen LogP contribution in [0.5, 0.6) is 5.75 Å². The molecular weight excluding hydrogens is 240 g/mol. The van der Waals surface area contributed by atoms with Crippen LogP contribution < -0.4 is 10.5 Å². The first kappa shape index (κ1) is 15.5. The topological polar surface area (TPSA) is 55.6 Å². The summed E-state index contributed by atoms with van der Waals surface area (Å²) in [5, 5.41) is 0. The predicted octanol–water partition coefficient (Wildman–Crippen LogP) is 1.96. The molecule has 0 aliphatic rings. The number of benzene rings is 1. The summed E-state index contributed by atoms with van der Waals surface area (Å²) in [4.78, 5) is 13.5. The number of likely N-dealkylation sites (N-methyl/N-ethyl adjacent to an activating group) is 1. The van der Waals surface area contributed by atoms with E-state index in [0.717, 1.165) is 24.2 Å². The Morgan fingerprint density at radius 1 is 1.47 bits per heavy atom. The van der Waals surface area contributed by atoms with Gasteiger partial charge in [-0.2, -0.15) is 0 Å². The van der Waals surface area contributed by atoms with Crippen molar-refractivity contribution in [1.29, 1.82) is 0 Å². The van der Waals surface area contributed by atoms with Crippen LogP contribution in [0.25, 0.3) is 0 Å². The van der Waals surface area contributed by atoms with Crippen LogP contribution >= 0.6 is 0 Å². The second-order valence-electron chi connectivity index (χ2n) is 4.82. The largest absolute Gasteiger partial charge is 0.492 e. The minimum absolute atomic E-state index is 0.0188. The van der Waals surface area contributed by atoms with Gasteiger partial charge >= 0.3 is 0 Å². The zero-order valence-corrected chi connectivity index (χ0v) is 12.1. The third-order valence-corrected chi connectivity index (χ3v) is 2.98. The van der Waals surface area contributed by atoms with E-state index in [1.807, 2.05) is 38.1 Å². The molecule has 0 bridgehead atoms. The average Bonchev–Trinajstić information content (AvgIpc) is 2.38. The Hall–Kier alpha value is -1.55. The molecule has 1 amide bonds. The summed E-state index contributed by atoms with van der Waals surface area (Å²) in [6.45, 7) is 5.06. The highest BCUT2D eigenvalue weighted by atomic mass is 16.5. The molecule has 4 nitrogen and oxygen atoms in total. The van der Waals surface area contributed by atoms with Crippen LogP contribution in [0, 0.1) is 6.92 Å². The fraction of sp³-hybridized carbons (Fsp3) is 0.533. The van der Waals surface area contributed by atoms with Gasteiger partial charge in [0, 0.05) is 7.05 Å². The van der Waals surface area contributed by atoms with Crippen LogP contribution in [0.2, 0.25) is 0 Å². The molecule has 0 aromatic heterocycles.